The van der Waals surface area contributed by atoms with E-state index in [4.69, 9.17) is 11.6 Å². The molecule has 0 aliphatic carbocycles. The largest absolute Gasteiger partial charge is 0.308 e. The van der Waals surface area contributed by atoms with Gasteiger partial charge in [-0.1, -0.05) is 41.5 Å². The Morgan fingerprint density at radius 1 is 1.00 bits per heavy atom. The third-order valence-corrected chi connectivity index (χ3v) is 7.93. The van der Waals surface area contributed by atoms with Gasteiger partial charge in [0.2, 0.25) is 10.0 Å². The van der Waals surface area contributed by atoms with E-state index < -0.39 is 10.0 Å². The molecule has 8 heteroatoms. The number of rotatable bonds is 4. The van der Waals surface area contributed by atoms with Crippen LogP contribution in [0.4, 0.5) is 0 Å². The van der Waals surface area contributed by atoms with Gasteiger partial charge in [0.1, 0.15) is 0 Å². The zero-order chi connectivity index (χ0) is 19.0. The molecule has 0 saturated carbocycles. The van der Waals surface area contributed by atoms with E-state index >= 15 is 0 Å². The van der Waals surface area contributed by atoms with Crippen molar-refractivity contribution in [3.63, 3.8) is 0 Å². The van der Waals surface area contributed by atoms with E-state index in [0.717, 1.165) is 41.7 Å². The van der Waals surface area contributed by atoms with Crippen molar-refractivity contribution < 1.29 is 8.42 Å². The SMILES string of the molecule is O=c1sc2cc(S(=O)(=O)N3CCCCC3)ccc2n1Cc1ccc(Cl)cc1. The highest BCUT2D eigenvalue weighted by atomic mass is 35.5. The number of benzene rings is 2. The zero-order valence-corrected chi connectivity index (χ0v) is 17.0. The van der Waals surface area contributed by atoms with E-state index in [0.29, 0.717) is 29.4 Å². The molecule has 1 aliphatic rings. The second-order valence-corrected chi connectivity index (χ2v) is 10.0. The second kappa shape index (κ2) is 7.39. The predicted octanol–water partition coefficient (Wildman–Crippen LogP) is 3.94. The van der Waals surface area contributed by atoms with E-state index in [1.807, 2.05) is 12.1 Å². The highest BCUT2D eigenvalue weighted by molar-refractivity contribution is 7.89. The Kier molecular flexibility index (Phi) is 5.11. The number of hydrogen-bond acceptors (Lipinski definition) is 4. The Bertz CT molecular complexity index is 1130. The normalized spacial score (nSPS) is 16.0. The van der Waals surface area contributed by atoms with Crippen LogP contribution in [0.1, 0.15) is 24.8 Å². The van der Waals surface area contributed by atoms with Crippen LogP contribution in [0.2, 0.25) is 5.02 Å². The molecule has 0 amide bonds. The molecule has 2 aromatic carbocycles. The maximum Gasteiger partial charge on any atom is 0.308 e. The van der Waals surface area contributed by atoms with Crippen molar-refractivity contribution in [3.05, 3.63) is 62.7 Å². The van der Waals surface area contributed by atoms with Crippen LogP contribution in [0.5, 0.6) is 0 Å². The number of nitrogens with zero attached hydrogens (tertiary/aromatic N) is 2. The van der Waals surface area contributed by atoms with Gasteiger partial charge < -0.3 is 0 Å². The standard InChI is InChI=1S/C19H19ClN2O3S2/c20-15-6-4-14(5-7-15)13-22-17-9-8-16(12-18(17)26-19(22)23)27(24,25)21-10-2-1-3-11-21/h4-9,12H,1-3,10-11,13H2. The molecule has 1 saturated heterocycles. The van der Waals surface area contributed by atoms with E-state index in [9.17, 15) is 13.2 Å². The Labute approximate surface area is 166 Å². The van der Waals surface area contributed by atoms with Crippen LogP contribution in [-0.2, 0) is 16.6 Å². The van der Waals surface area contributed by atoms with Gasteiger partial charge in [-0.3, -0.25) is 9.36 Å². The van der Waals surface area contributed by atoms with E-state index in [2.05, 4.69) is 0 Å². The van der Waals surface area contributed by atoms with Crippen molar-refractivity contribution in [2.45, 2.75) is 30.7 Å². The molecule has 0 radical (unpaired) electrons. The molecule has 4 rings (SSSR count). The average Bonchev–Trinajstić information content (AvgIpc) is 2.99. The topological polar surface area (TPSA) is 59.4 Å². The lowest BCUT2D eigenvalue weighted by Gasteiger charge is -2.25. The molecule has 0 atom stereocenters. The fourth-order valence-electron chi connectivity index (χ4n) is 3.38. The molecule has 0 bridgehead atoms. The monoisotopic (exact) mass is 422 g/mol. The number of halogens is 1. The van der Waals surface area contributed by atoms with Crippen molar-refractivity contribution in [1.82, 2.24) is 8.87 Å². The maximum atomic E-state index is 12.9. The first-order chi connectivity index (χ1) is 12.9. The molecular weight excluding hydrogens is 404 g/mol. The van der Waals surface area contributed by atoms with Crippen molar-refractivity contribution >= 4 is 43.2 Å². The Morgan fingerprint density at radius 3 is 2.41 bits per heavy atom. The first kappa shape index (κ1) is 18.7. The molecular formula is C19H19ClN2O3S2. The second-order valence-electron chi connectivity index (χ2n) is 6.67. The first-order valence-electron chi connectivity index (χ1n) is 8.83. The lowest BCUT2D eigenvalue weighted by atomic mass is 10.2. The summed E-state index contributed by atoms with van der Waals surface area (Å²) in [5.41, 5.74) is 1.71. The number of thiazole rings is 1. The Balaban J connectivity index is 1.70. The summed E-state index contributed by atoms with van der Waals surface area (Å²) in [6.45, 7) is 1.55. The van der Waals surface area contributed by atoms with Gasteiger partial charge in [-0.25, -0.2) is 8.42 Å². The van der Waals surface area contributed by atoms with Crippen molar-refractivity contribution in [3.8, 4) is 0 Å². The van der Waals surface area contributed by atoms with Crippen LogP contribution >= 0.6 is 22.9 Å². The summed E-state index contributed by atoms with van der Waals surface area (Å²) in [5, 5.41) is 0.647. The third-order valence-electron chi connectivity index (χ3n) is 4.85. The molecule has 1 fully saturated rings. The third kappa shape index (κ3) is 3.69. The fourth-order valence-corrected chi connectivity index (χ4v) is 6.06. The van der Waals surface area contributed by atoms with Gasteiger partial charge in [0.05, 0.1) is 21.7 Å². The van der Waals surface area contributed by atoms with Crippen molar-refractivity contribution in [1.29, 1.82) is 0 Å². The van der Waals surface area contributed by atoms with Crippen molar-refractivity contribution in [2.24, 2.45) is 0 Å². The minimum absolute atomic E-state index is 0.104. The maximum absolute atomic E-state index is 12.9. The Hall–Kier alpha value is -1.67. The summed E-state index contributed by atoms with van der Waals surface area (Å²) in [6.07, 6.45) is 2.86. The summed E-state index contributed by atoms with van der Waals surface area (Å²) in [7, 11) is -3.51. The first-order valence-corrected chi connectivity index (χ1v) is 11.5. The number of piperidine rings is 1. The van der Waals surface area contributed by atoms with Crippen LogP contribution < -0.4 is 4.87 Å². The molecule has 2 heterocycles. The van der Waals surface area contributed by atoms with Gasteiger partial charge >= 0.3 is 4.87 Å². The molecule has 1 aliphatic heterocycles. The molecule has 0 unspecified atom stereocenters. The van der Waals surface area contributed by atoms with Crippen LogP contribution in [-0.4, -0.2) is 30.4 Å². The lowest BCUT2D eigenvalue weighted by Crippen LogP contribution is -2.35. The number of sulfonamides is 1. The molecule has 27 heavy (non-hydrogen) atoms. The summed E-state index contributed by atoms with van der Waals surface area (Å²) in [4.78, 5) is 12.6. The van der Waals surface area contributed by atoms with E-state index in [-0.39, 0.29) is 9.77 Å². The molecule has 1 aromatic heterocycles. The van der Waals surface area contributed by atoms with Crippen LogP contribution in [0.25, 0.3) is 10.2 Å². The quantitative estimate of drug-likeness (QED) is 0.639. The number of hydrogen-bond donors (Lipinski definition) is 0. The highest BCUT2D eigenvalue weighted by Gasteiger charge is 2.26. The van der Waals surface area contributed by atoms with E-state index in [1.54, 1.807) is 39.2 Å². The summed E-state index contributed by atoms with van der Waals surface area (Å²) in [5.74, 6) is 0. The van der Waals surface area contributed by atoms with Crippen LogP contribution in [0.15, 0.2) is 52.2 Å². The van der Waals surface area contributed by atoms with Gasteiger partial charge in [-0.15, -0.1) is 0 Å². The fraction of sp³-hybridized carbons (Fsp3) is 0.316. The molecule has 0 spiro atoms. The van der Waals surface area contributed by atoms with Gasteiger partial charge in [0, 0.05) is 18.1 Å². The summed E-state index contributed by atoms with van der Waals surface area (Å²) in [6, 6.07) is 12.3. The molecule has 142 valence electrons. The zero-order valence-electron chi connectivity index (χ0n) is 14.6. The summed E-state index contributed by atoms with van der Waals surface area (Å²) < 4.78 is 29.7. The van der Waals surface area contributed by atoms with Crippen LogP contribution in [0.3, 0.4) is 0 Å². The summed E-state index contributed by atoms with van der Waals surface area (Å²) >= 11 is 6.99. The lowest BCUT2D eigenvalue weighted by molar-refractivity contribution is 0.346. The molecule has 0 N–H and O–H groups in total. The minimum Gasteiger partial charge on any atom is -0.294 e. The van der Waals surface area contributed by atoms with Crippen LogP contribution in [0, 0.1) is 0 Å². The van der Waals surface area contributed by atoms with Gasteiger partial charge in [-0.2, -0.15) is 4.31 Å². The van der Waals surface area contributed by atoms with Gasteiger partial charge in [0.15, 0.2) is 0 Å². The number of aromatic nitrogens is 1. The highest BCUT2D eigenvalue weighted by Crippen LogP contribution is 2.26. The number of fused-ring (bicyclic) bond motifs is 1. The predicted molar refractivity (Wildman–Crippen MR) is 109 cm³/mol. The molecule has 5 nitrogen and oxygen atoms in total. The minimum atomic E-state index is -3.51. The van der Waals surface area contributed by atoms with Gasteiger partial charge in [-0.05, 0) is 48.7 Å². The average molecular weight is 423 g/mol. The smallest absolute Gasteiger partial charge is 0.294 e. The van der Waals surface area contributed by atoms with Gasteiger partial charge in [0.25, 0.3) is 0 Å². The Morgan fingerprint density at radius 2 is 1.70 bits per heavy atom. The van der Waals surface area contributed by atoms with E-state index in [1.165, 1.54) is 0 Å². The van der Waals surface area contributed by atoms with Crippen molar-refractivity contribution in [2.75, 3.05) is 13.1 Å². The molecule has 3 aromatic rings.